The van der Waals surface area contributed by atoms with Crippen LogP contribution in [0.4, 0.5) is 0 Å². The summed E-state index contributed by atoms with van der Waals surface area (Å²) in [4.78, 5) is 1.26. The van der Waals surface area contributed by atoms with Crippen molar-refractivity contribution in [3.05, 3.63) is 17.7 Å². The van der Waals surface area contributed by atoms with Crippen molar-refractivity contribution in [2.24, 2.45) is 5.16 Å². The van der Waals surface area contributed by atoms with E-state index in [1.807, 2.05) is 0 Å². The molecule has 0 spiro atoms. The molecule has 0 aliphatic carbocycles. The van der Waals surface area contributed by atoms with E-state index in [1.165, 1.54) is 4.80 Å². The second kappa shape index (κ2) is 4.09. The summed E-state index contributed by atoms with van der Waals surface area (Å²) >= 11 is 0. The van der Waals surface area contributed by atoms with Gasteiger partial charge < -0.3 is 9.73 Å². The SMILES string of the molecule is C/C(Cc1nnn(-c2cc(C)on2)n1)=N/O. The van der Waals surface area contributed by atoms with Crippen molar-refractivity contribution < 1.29 is 9.73 Å². The van der Waals surface area contributed by atoms with Gasteiger partial charge in [0.25, 0.3) is 0 Å². The molecule has 2 aromatic rings. The highest BCUT2D eigenvalue weighted by molar-refractivity contribution is 5.82. The smallest absolute Gasteiger partial charge is 0.218 e. The van der Waals surface area contributed by atoms with Gasteiger partial charge in [-0.1, -0.05) is 10.3 Å². The number of hydrogen-bond donors (Lipinski definition) is 1. The first-order valence-electron chi connectivity index (χ1n) is 4.59. The maximum absolute atomic E-state index is 8.50. The molecule has 0 saturated heterocycles. The molecule has 0 atom stereocenters. The van der Waals surface area contributed by atoms with Crippen molar-refractivity contribution in [1.29, 1.82) is 0 Å². The Bertz CT molecular complexity index is 514. The summed E-state index contributed by atoms with van der Waals surface area (Å²) in [5.41, 5.74) is 0.510. The molecule has 0 amide bonds. The van der Waals surface area contributed by atoms with E-state index in [2.05, 4.69) is 25.7 Å². The minimum Gasteiger partial charge on any atom is -0.411 e. The van der Waals surface area contributed by atoms with Crippen LogP contribution >= 0.6 is 0 Å². The van der Waals surface area contributed by atoms with Gasteiger partial charge in [-0.2, -0.15) is 0 Å². The maximum Gasteiger partial charge on any atom is 0.218 e. The number of oxime groups is 1. The fourth-order valence-electron chi connectivity index (χ4n) is 1.12. The van der Waals surface area contributed by atoms with Crippen molar-refractivity contribution in [2.75, 3.05) is 0 Å². The molecule has 84 valence electrons. The van der Waals surface area contributed by atoms with Gasteiger partial charge in [-0.15, -0.1) is 15.0 Å². The molecular weight excluding hydrogens is 212 g/mol. The highest BCUT2D eigenvalue weighted by Gasteiger charge is 2.09. The van der Waals surface area contributed by atoms with E-state index >= 15 is 0 Å². The van der Waals surface area contributed by atoms with E-state index in [4.69, 9.17) is 9.73 Å². The number of tetrazole rings is 1. The molecule has 0 unspecified atom stereocenters. The Hall–Kier alpha value is -2.25. The lowest BCUT2D eigenvalue weighted by Gasteiger charge is -1.90. The molecule has 0 aromatic carbocycles. The summed E-state index contributed by atoms with van der Waals surface area (Å²) in [5.74, 6) is 1.59. The molecular formula is C8H10N6O2. The Balaban J connectivity index is 2.19. The van der Waals surface area contributed by atoms with Crippen LogP contribution in [0.5, 0.6) is 0 Å². The predicted octanol–water partition coefficient (Wildman–Crippen LogP) is 0.351. The van der Waals surface area contributed by atoms with Crippen molar-refractivity contribution >= 4 is 5.71 Å². The van der Waals surface area contributed by atoms with Gasteiger partial charge in [-0.3, -0.25) is 0 Å². The zero-order valence-electron chi connectivity index (χ0n) is 8.82. The van der Waals surface area contributed by atoms with Gasteiger partial charge in [-0.05, 0) is 19.1 Å². The molecule has 8 heteroatoms. The molecule has 0 saturated carbocycles. The highest BCUT2D eigenvalue weighted by Crippen LogP contribution is 2.04. The second-order valence-electron chi connectivity index (χ2n) is 3.30. The standard InChI is InChI=1S/C8H10N6O2/c1-5(11-15)3-7-9-13-14(10-7)8-4-6(2)16-12-8/h4,15H,3H2,1-2H3/b11-5-. The number of aromatic nitrogens is 5. The summed E-state index contributed by atoms with van der Waals surface area (Å²) in [6.07, 6.45) is 0.341. The van der Waals surface area contributed by atoms with Gasteiger partial charge in [0.1, 0.15) is 5.76 Å². The zero-order valence-corrected chi connectivity index (χ0v) is 8.82. The van der Waals surface area contributed by atoms with Gasteiger partial charge in [-0.25, -0.2) is 0 Å². The molecule has 0 fully saturated rings. The number of rotatable bonds is 3. The molecule has 0 bridgehead atoms. The topological polar surface area (TPSA) is 102 Å². The molecule has 0 radical (unpaired) electrons. The van der Waals surface area contributed by atoms with Gasteiger partial charge >= 0.3 is 0 Å². The Morgan fingerprint density at radius 3 is 3.06 bits per heavy atom. The summed E-state index contributed by atoms with van der Waals surface area (Å²) < 4.78 is 4.89. The van der Waals surface area contributed by atoms with Gasteiger partial charge in [0.05, 0.1) is 12.1 Å². The van der Waals surface area contributed by atoms with Crippen molar-refractivity contribution in [1.82, 2.24) is 25.4 Å². The van der Waals surface area contributed by atoms with Crippen molar-refractivity contribution in [3.8, 4) is 5.82 Å². The Morgan fingerprint density at radius 1 is 1.62 bits per heavy atom. The van der Waals surface area contributed by atoms with Crippen LogP contribution in [-0.4, -0.2) is 36.3 Å². The minimum absolute atomic E-state index is 0.341. The van der Waals surface area contributed by atoms with Gasteiger partial charge in [0, 0.05) is 6.07 Å². The fraction of sp³-hybridized carbons (Fsp3) is 0.375. The van der Waals surface area contributed by atoms with Crippen LogP contribution in [0.3, 0.4) is 0 Å². The quantitative estimate of drug-likeness (QED) is 0.456. The molecule has 2 rings (SSSR count). The van der Waals surface area contributed by atoms with Crippen molar-refractivity contribution in [3.63, 3.8) is 0 Å². The summed E-state index contributed by atoms with van der Waals surface area (Å²) in [6.45, 7) is 3.44. The number of hydrogen-bond acceptors (Lipinski definition) is 7. The largest absolute Gasteiger partial charge is 0.411 e. The average molecular weight is 222 g/mol. The molecule has 0 aliphatic rings. The molecule has 0 aliphatic heterocycles. The Kier molecular flexibility index (Phi) is 2.63. The first-order chi connectivity index (χ1) is 7.69. The van der Waals surface area contributed by atoms with Crippen LogP contribution in [0.15, 0.2) is 15.7 Å². The molecule has 8 nitrogen and oxygen atoms in total. The highest BCUT2D eigenvalue weighted by atomic mass is 16.5. The molecule has 1 N–H and O–H groups in total. The van der Waals surface area contributed by atoms with E-state index < -0.39 is 0 Å². The molecule has 16 heavy (non-hydrogen) atoms. The lowest BCUT2D eigenvalue weighted by Crippen LogP contribution is -2.02. The lowest BCUT2D eigenvalue weighted by atomic mass is 10.3. The van der Waals surface area contributed by atoms with E-state index in [0.717, 1.165) is 0 Å². The van der Waals surface area contributed by atoms with Crippen LogP contribution < -0.4 is 0 Å². The lowest BCUT2D eigenvalue weighted by molar-refractivity contribution is 0.317. The average Bonchev–Trinajstić information content (AvgIpc) is 2.87. The van der Waals surface area contributed by atoms with Crippen LogP contribution in [-0.2, 0) is 6.42 Å². The van der Waals surface area contributed by atoms with Gasteiger partial charge in [0.15, 0.2) is 5.82 Å². The monoisotopic (exact) mass is 222 g/mol. The molecule has 2 heterocycles. The van der Waals surface area contributed by atoms with E-state index in [1.54, 1.807) is 19.9 Å². The first kappa shape index (κ1) is 10.3. The van der Waals surface area contributed by atoms with E-state index in [9.17, 15) is 0 Å². The van der Waals surface area contributed by atoms with E-state index in [-0.39, 0.29) is 0 Å². The fourth-order valence-corrected chi connectivity index (χ4v) is 1.12. The number of aryl methyl sites for hydroxylation is 1. The third kappa shape index (κ3) is 2.05. The zero-order chi connectivity index (χ0) is 11.5. The Labute approximate surface area is 90.5 Å². The summed E-state index contributed by atoms with van der Waals surface area (Å²) in [5, 5.41) is 26.9. The van der Waals surface area contributed by atoms with Crippen LogP contribution in [0, 0.1) is 6.92 Å². The van der Waals surface area contributed by atoms with Gasteiger partial charge in [0.2, 0.25) is 5.82 Å². The van der Waals surface area contributed by atoms with Crippen molar-refractivity contribution in [2.45, 2.75) is 20.3 Å². The van der Waals surface area contributed by atoms with Crippen LogP contribution in [0.25, 0.3) is 5.82 Å². The van der Waals surface area contributed by atoms with Crippen LogP contribution in [0.1, 0.15) is 18.5 Å². The minimum atomic E-state index is 0.341. The summed E-state index contributed by atoms with van der Waals surface area (Å²) in [7, 11) is 0. The predicted molar refractivity (Wildman–Crippen MR) is 52.6 cm³/mol. The first-order valence-corrected chi connectivity index (χ1v) is 4.59. The maximum atomic E-state index is 8.50. The van der Waals surface area contributed by atoms with E-state index in [0.29, 0.717) is 29.5 Å². The second-order valence-corrected chi connectivity index (χ2v) is 3.30. The third-order valence-electron chi connectivity index (χ3n) is 1.86. The number of nitrogens with zero attached hydrogens (tertiary/aromatic N) is 6. The third-order valence-corrected chi connectivity index (χ3v) is 1.86. The molecule has 2 aromatic heterocycles. The van der Waals surface area contributed by atoms with Crippen LogP contribution in [0.2, 0.25) is 0 Å². The summed E-state index contributed by atoms with van der Waals surface area (Å²) in [6, 6.07) is 1.69. The Morgan fingerprint density at radius 2 is 2.44 bits per heavy atom. The normalized spacial score (nSPS) is 12.0.